The van der Waals surface area contributed by atoms with Crippen LogP contribution >= 0.6 is 0 Å². The van der Waals surface area contributed by atoms with Gasteiger partial charge in [-0.3, -0.25) is 0 Å². The molecule has 56 heavy (non-hydrogen) atoms. The molecule has 0 atom stereocenters. The van der Waals surface area contributed by atoms with Crippen molar-refractivity contribution in [2.24, 2.45) is 14.1 Å². The summed E-state index contributed by atoms with van der Waals surface area (Å²) < 4.78 is 4.31. The van der Waals surface area contributed by atoms with E-state index in [0.717, 1.165) is 111 Å². The highest BCUT2D eigenvalue weighted by Gasteiger charge is 2.28. The number of aryl methyl sites for hydroxylation is 2. The first-order valence-corrected chi connectivity index (χ1v) is 18.9. The van der Waals surface area contributed by atoms with Crippen molar-refractivity contribution in [1.82, 2.24) is 29.1 Å². The molecule has 266 valence electrons. The summed E-state index contributed by atoms with van der Waals surface area (Å²) in [4.78, 5) is 19.2. The van der Waals surface area contributed by atoms with E-state index in [1.54, 1.807) is 0 Å². The van der Waals surface area contributed by atoms with E-state index in [0.29, 0.717) is 0 Å². The van der Waals surface area contributed by atoms with Gasteiger partial charge in [0, 0.05) is 94.1 Å². The number of hydrogen-bond acceptors (Lipinski definition) is 2. The molecule has 0 unspecified atom stereocenters. The van der Waals surface area contributed by atoms with E-state index in [4.69, 9.17) is 9.97 Å². The zero-order valence-electron chi connectivity index (χ0n) is 31.0. The maximum Gasteiger partial charge on any atom is 0.0831 e. The van der Waals surface area contributed by atoms with Crippen molar-refractivity contribution in [2.75, 3.05) is 0 Å². The number of hydrogen-bond donors (Lipinski definition) is 2. The Bertz CT molecular complexity index is 3180. The van der Waals surface area contributed by atoms with E-state index in [9.17, 15) is 0 Å². The fraction of sp³-hybridized carbons (Fsp3) is 0.0400. The maximum absolute atomic E-state index is 5.72. The smallest absolute Gasteiger partial charge is 0.0831 e. The van der Waals surface area contributed by atoms with Crippen molar-refractivity contribution in [2.45, 2.75) is 0 Å². The Morgan fingerprint density at radius 2 is 0.804 bits per heavy atom. The Morgan fingerprint density at radius 1 is 0.393 bits per heavy atom. The third kappa shape index (κ3) is 5.03. The minimum atomic E-state index is 0.896. The van der Waals surface area contributed by atoms with Crippen LogP contribution in [-0.2, 0) is 14.1 Å². The highest BCUT2D eigenvalue weighted by atomic mass is 14.9. The Morgan fingerprint density at radius 3 is 1.36 bits per heavy atom. The first-order valence-electron chi connectivity index (χ1n) is 18.9. The molecule has 0 radical (unpaired) electrons. The molecule has 0 saturated carbocycles. The van der Waals surface area contributed by atoms with Gasteiger partial charge in [0.1, 0.15) is 0 Å². The second-order valence-electron chi connectivity index (χ2n) is 14.7. The third-order valence-electron chi connectivity index (χ3n) is 11.0. The summed E-state index contributed by atoms with van der Waals surface area (Å²) >= 11 is 0. The predicted octanol–water partition coefficient (Wildman–Crippen LogP) is 12.3. The molecule has 6 heteroatoms. The summed E-state index contributed by atoms with van der Waals surface area (Å²) in [6.07, 6.45) is 13.2. The molecule has 7 heterocycles. The van der Waals surface area contributed by atoms with Crippen molar-refractivity contribution >= 4 is 45.0 Å². The molecule has 11 rings (SSSR count). The Hall–Kier alpha value is -7.44. The molecule has 0 amide bonds. The van der Waals surface area contributed by atoms with Gasteiger partial charge in [-0.05, 0) is 46.5 Å². The molecule has 0 fully saturated rings. The lowest BCUT2D eigenvalue weighted by Crippen LogP contribution is -1.90. The Labute approximate surface area is 323 Å². The standard InChI is InChI=1S/C50H36N6/c1-55-27-35-37(29-55)49-46(34-21-13-6-14-22-34)50-38-30-56(2)28-36(38)48(54-50)45(33-19-11-5-12-20-33)42-26-24-40(52-42)43(31-15-7-3-8-16-31)39-23-25-41(51-39)44(47(35)53-49)32-17-9-4-10-18-32/h3-30,51,54H,1-2H3. The van der Waals surface area contributed by atoms with Crippen LogP contribution < -0.4 is 0 Å². The lowest BCUT2D eigenvalue weighted by molar-refractivity contribution is 0.927. The van der Waals surface area contributed by atoms with Crippen LogP contribution in [0.1, 0.15) is 11.4 Å². The molecule has 2 aliphatic heterocycles. The number of fused-ring (bicyclic) bond motifs is 14. The molecule has 6 nitrogen and oxygen atoms in total. The Balaban J connectivity index is 1.44. The van der Waals surface area contributed by atoms with Crippen LogP contribution in [0.2, 0.25) is 0 Å². The molecule has 0 saturated heterocycles. The largest absolute Gasteiger partial charge is 0.356 e. The molecule has 8 bridgehead atoms. The SMILES string of the molecule is Cn1cc2c(c1)-c1nc-2c(-c2ccccc2)c2ccc([nH]2)c(-c2ccccc2)c2nc(c(-c3ccccc3)c3[nH]c(c1-c1ccccc1)c1cn(C)cc31)C=C2. The molecular weight excluding hydrogens is 685 g/mol. The first-order chi connectivity index (χ1) is 27.6. The van der Waals surface area contributed by atoms with Crippen LogP contribution in [0.5, 0.6) is 0 Å². The number of benzene rings is 4. The lowest BCUT2D eigenvalue weighted by Gasteiger charge is -2.07. The van der Waals surface area contributed by atoms with E-state index >= 15 is 0 Å². The molecule has 0 spiro atoms. The normalized spacial score (nSPS) is 12.0. The lowest BCUT2D eigenvalue weighted by atomic mass is 9.97. The van der Waals surface area contributed by atoms with Crippen LogP contribution in [0.25, 0.3) is 112 Å². The van der Waals surface area contributed by atoms with Crippen molar-refractivity contribution in [1.29, 1.82) is 0 Å². The minimum absolute atomic E-state index is 0.896. The van der Waals surface area contributed by atoms with Gasteiger partial charge in [-0.25, -0.2) is 9.97 Å². The number of aromatic amines is 2. The van der Waals surface area contributed by atoms with E-state index < -0.39 is 0 Å². The van der Waals surface area contributed by atoms with Crippen molar-refractivity contribution < 1.29 is 0 Å². The molecule has 0 aliphatic carbocycles. The molecule has 2 N–H and O–H groups in total. The summed E-state index contributed by atoms with van der Waals surface area (Å²) in [7, 11) is 4.20. The molecule has 4 aromatic carbocycles. The maximum atomic E-state index is 5.72. The van der Waals surface area contributed by atoms with Crippen molar-refractivity contribution in [3.05, 3.63) is 170 Å². The van der Waals surface area contributed by atoms with Crippen LogP contribution in [0.4, 0.5) is 0 Å². The quantitative estimate of drug-likeness (QED) is 0.190. The number of aromatic nitrogens is 6. The van der Waals surface area contributed by atoms with Gasteiger partial charge in [0.05, 0.1) is 33.8 Å². The summed E-state index contributed by atoms with van der Waals surface area (Å²) in [6, 6.07) is 46.9. The van der Waals surface area contributed by atoms with Gasteiger partial charge in [-0.2, -0.15) is 0 Å². The zero-order valence-corrected chi connectivity index (χ0v) is 31.0. The third-order valence-corrected chi connectivity index (χ3v) is 11.0. The van der Waals surface area contributed by atoms with Crippen molar-refractivity contribution in [3.8, 4) is 67.0 Å². The number of H-pyrrole nitrogens is 2. The van der Waals surface area contributed by atoms with Gasteiger partial charge in [-0.15, -0.1) is 0 Å². The van der Waals surface area contributed by atoms with E-state index in [1.165, 1.54) is 0 Å². The Kier molecular flexibility index (Phi) is 7.19. The van der Waals surface area contributed by atoms with Gasteiger partial charge >= 0.3 is 0 Å². The second-order valence-corrected chi connectivity index (χ2v) is 14.7. The number of rotatable bonds is 4. The van der Waals surface area contributed by atoms with Gasteiger partial charge in [0.25, 0.3) is 0 Å². The van der Waals surface area contributed by atoms with Gasteiger partial charge in [0.15, 0.2) is 0 Å². The van der Waals surface area contributed by atoms with Crippen LogP contribution in [0.3, 0.4) is 0 Å². The highest BCUT2D eigenvalue weighted by molar-refractivity contribution is 6.17. The van der Waals surface area contributed by atoms with E-state index in [1.807, 2.05) is 0 Å². The summed E-state index contributed by atoms with van der Waals surface area (Å²) in [5.41, 5.74) is 18.4. The summed E-state index contributed by atoms with van der Waals surface area (Å²) in [5, 5.41) is 2.24. The fourth-order valence-corrected chi connectivity index (χ4v) is 8.64. The average Bonchev–Trinajstić information content (AvgIpc) is 4.10. The molecule has 9 aromatic rings. The summed E-state index contributed by atoms with van der Waals surface area (Å²) in [5.74, 6) is 0. The van der Waals surface area contributed by atoms with Gasteiger partial charge < -0.3 is 19.1 Å². The topological polar surface area (TPSA) is 67.2 Å². The highest BCUT2D eigenvalue weighted by Crippen LogP contribution is 2.48. The second kappa shape index (κ2) is 12.6. The fourth-order valence-electron chi connectivity index (χ4n) is 8.64. The van der Waals surface area contributed by atoms with Gasteiger partial charge in [-0.1, -0.05) is 121 Å². The minimum Gasteiger partial charge on any atom is -0.356 e. The molecule has 5 aromatic heterocycles. The predicted molar refractivity (Wildman–Crippen MR) is 232 cm³/mol. The molecular formula is C50H36N6. The van der Waals surface area contributed by atoms with Crippen LogP contribution in [0.15, 0.2) is 158 Å². The number of nitrogens with zero attached hydrogens (tertiary/aromatic N) is 4. The summed E-state index contributed by atoms with van der Waals surface area (Å²) in [6.45, 7) is 0. The first kappa shape index (κ1) is 32.0. The average molecular weight is 721 g/mol. The van der Waals surface area contributed by atoms with E-state index in [-0.39, 0.29) is 0 Å². The van der Waals surface area contributed by atoms with Crippen LogP contribution in [0, 0.1) is 0 Å². The van der Waals surface area contributed by atoms with E-state index in [2.05, 4.69) is 204 Å². The van der Waals surface area contributed by atoms with Gasteiger partial charge in [0.2, 0.25) is 0 Å². The monoisotopic (exact) mass is 720 g/mol. The van der Waals surface area contributed by atoms with Crippen molar-refractivity contribution in [3.63, 3.8) is 0 Å². The van der Waals surface area contributed by atoms with Crippen LogP contribution in [-0.4, -0.2) is 29.1 Å². The number of nitrogens with one attached hydrogen (secondary N) is 2. The molecule has 2 aliphatic rings. The zero-order chi connectivity index (χ0) is 37.3.